The lowest BCUT2D eigenvalue weighted by Gasteiger charge is -2.38. The normalized spacial score (nSPS) is 21.0. The van der Waals surface area contributed by atoms with E-state index in [4.69, 9.17) is 16.3 Å². The second-order valence-electron chi connectivity index (χ2n) is 6.71. The maximum absolute atomic E-state index is 12.4. The van der Waals surface area contributed by atoms with Gasteiger partial charge < -0.3 is 15.0 Å². The Morgan fingerprint density at radius 3 is 2.46 bits per heavy atom. The first-order valence-corrected chi connectivity index (χ1v) is 9.22. The molecule has 2 rings (SSSR count). The fourth-order valence-corrected chi connectivity index (χ4v) is 3.45. The van der Waals surface area contributed by atoms with Gasteiger partial charge in [-0.15, -0.1) is 0 Å². The molecule has 2 amide bonds. The molecule has 0 radical (unpaired) electrons. The minimum Gasteiger partial charge on any atom is -0.454 e. The largest absolute Gasteiger partial charge is 0.454 e. The molecular weight excluding hydrogens is 356 g/mol. The molecule has 3 atom stereocenters. The summed E-state index contributed by atoms with van der Waals surface area (Å²) in [5.74, 6) is -1.33. The fourth-order valence-electron chi connectivity index (χ4n) is 3.22. The number of amides is 2. The Morgan fingerprint density at radius 2 is 1.85 bits per heavy atom. The van der Waals surface area contributed by atoms with Crippen LogP contribution in [0.4, 0.5) is 0 Å². The number of benzene rings is 1. The van der Waals surface area contributed by atoms with Crippen molar-refractivity contribution in [3.05, 3.63) is 34.9 Å². The molecular formula is C19H25ClN2O4. The lowest BCUT2D eigenvalue weighted by Crippen LogP contribution is -2.49. The second kappa shape index (κ2) is 9.03. The molecule has 142 valence electrons. The van der Waals surface area contributed by atoms with E-state index in [1.807, 2.05) is 13.8 Å². The monoisotopic (exact) mass is 380 g/mol. The first-order chi connectivity index (χ1) is 12.3. The van der Waals surface area contributed by atoms with Gasteiger partial charge in [0.15, 0.2) is 6.61 Å². The van der Waals surface area contributed by atoms with Crippen LogP contribution >= 0.6 is 11.6 Å². The van der Waals surface area contributed by atoms with Crippen LogP contribution in [0.25, 0.3) is 0 Å². The van der Waals surface area contributed by atoms with Gasteiger partial charge in [0.2, 0.25) is 0 Å². The number of piperidine rings is 1. The number of hydrogen-bond donors (Lipinski definition) is 1. The van der Waals surface area contributed by atoms with Gasteiger partial charge >= 0.3 is 5.97 Å². The minimum atomic E-state index is -0.886. The van der Waals surface area contributed by atoms with Gasteiger partial charge in [-0.05, 0) is 52.2 Å². The Morgan fingerprint density at radius 1 is 1.23 bits per heavy atom. The van der Waals surface area contributed by atoms with E-state index in [1.54, 1.807) is 29.2 Å². The number of esters is 1. The highest BCUT2D eigenvalue weighted by Crippen LogP contribution is 2.22. The van der Waals surface area contributed by atoms with Crippen molar-refractivity contribution in [2.45, 2.75) is 58.2 Å². The van der Waals surface area contributed by atoms with Crippen LogP contribution in [0, 0.1) is 0 Å². The maximum atomic E-state index is 12.4. The highest BCUT2D eigenvalue weighted by molar-refractivity contribution is 6.33. The Bertz CT molecular complexity index is 669. The number of ether oxygens (including phenoxy) is 1. The van der Waals surface area contributed by atoms with E-state index in [0.717, 1.165) is 19.3 Å². The number of nitrogens with zero attached hydrogens (tertiary/aromatic N) is 1. The van der Waals surface area contributed by atoms with Gasteiger partial charge in [-0.2, -0.15) is 0 Å². The number of rotatable bonds is 5. The van der Waals surface area contributed by atoms with Crippen molar-refractivity contribution in [2.24, 2.45) is 0 Å². The average Bonchev–Trinajstić information content (AvgIpc) is 2.59. The number of likely N-dealkylation sites (tertiary alicyclic amines) is 1. The number of halogens is 1. The quantitative estimate of drug-likeness (QED) is 0.797. The van der Waals surface area contributed by atoms with E-state index in [9.17, 15) is 14.4 Å². The summed E-state index contributed by atoms with van der Waals surface area (Å²) in [4.78, 5) is 38.4. The number of carbonyl (C=O) groups excluding carboxylic acids is 3. The molecule has 1 aromatic rings. The summed E-state index contributed by atoms with van der Waals surface area (Å²) in [6, 6.07) is 5.96. The van der Waals surface area contributed by atoms with Gasteiger partial charge in [0.05, 0.1) is 10.6 Å². The molecule has 1 fully saturated rings. The van der Waals surface area contributed by atoms with Crippen LogP contribution in [0.5, 0.6) is 0 Å². The van der Waals surface area contributed by atoms with Crippen molar-refractivity contribution in [3.8, 4) is 0 Å². The molecule has 26 heavy (non-hydrogen) atoms. The lowest BCUT2D eigenvalue weighted by molar-refractivity contribution is -0.155. The summed E-state index contributed by atoms with van der Waals surface area (Å²) in [5, 5.41) is 2.83. The molecule has 6 nitrogen and oxygen atoms in total. The predicted octanol–water partition coefficient (Wildman–Crippen LogP) is 2.79. The van der Waals surface area contributed by atoms with Crippen molar-refractivity contribution in [1.29, 1.82) is 0 Å². The van der Waals surface area contributed by atoms with Gasteiger partial charge in [0.25, 0.3) is 11.8 Å². The molecule has 1 aromatic carbocycles. The standard InChI is InChI=1S/C19H25ClN2O4/c1-12-7-6-8-13(2)22(12)17(23)11-26-19(25)14(3)21-18(24)15-9-4-5-10-16(15)20/h4-5,9-10,12-14H,6-8,11H2,1-3H3,(H,21,24)/t12-,13-,14+/m1/s1. The van der Waals surface area contributed by atoms with Crippen molar-refractivity contribution >= 4 is 29.4 Å². The van der Waals surface area contributed by atoms with Crippen molar-refractivity contribution < 1.29 is 19.1 Å². The predicted molar refractivity (Wildman–Crippen MR) is 99.0 cm³/mol. The van der Waals surface area contributed by atoms with E-state index < -0.39 is 17.9 Å². The van der Waals surface area contributed by atoms with Gasteiger partial charge in [0.1, 0.15) is 6.04 Å². The molecule has 1 aliphatic heterocycles. The maximum Gasteiger partial charge on any atom is 0.328 e. The number of carbonyl (C=O) groups is 3. The Balaban J connectivity index is 1.86. The molecule has 1 saturated heterocycles. The zero-order valence-electron chi connectivity index (χ0n) is 15.3. The summed E-state index contributed by atoms with van der Waals surface area (Å²) in [7, 11) is 0. The molecule has 1 heterocycles. The highest BCUT2D eigenvalue weighted by atomic mass is 35.5. The van der Waals surface area contributed by atoms with Gasteiger partial charge in [-0.1, -0.05) is 23.7 Å². The van der Waals surface area contributed by atoms with Gasteiger partial charge in [0, 0.05) is 12.1 Å². The van der Waals surface area contributed by atoms with Crippen molar-refractivity contribution in [1.82, 2.24) is 10.2 Å². The minimum absolute atomic E-state index is 0.141. The van der Waals surface area contributed by atoms with Gasteiger partial charge in [-0.3, -0.25) is 9.59 Å². The smallest absolute Gasteiger partial charge is 0.328 e. The van der Waals surface area contributed by atoms with E-state index in [2.05, 4.69) is 5.32 Å². The number of nitrogens with one attached hydrogen (secondary N) is 1. The first-order valence-electron chi connectivity index (χ1n) is 8.84. The second-order valence-corrected chi connectivity index (χ2v) is 7.12. The third kappa shape index (κ3) is 4.97. The van der Waals surface area contributed by atoms with Crippen LogP contribution in [0.1, 0.15) is 50.4 Å². The third-order valence-electron chi connectivity index (χ3n) is 4.64. The number of hydrogen-bond acceptors (Lipinski definition) is 4. The van der Waals surface area contributed by atoms with Gasteiger partial charge in [-0.25, -0.2) is 4.79 Å². The Hall–Kier alpha value is -2.08. The summed E-state index contributed by atoms with van der Waals surface area (Å²) in [6.07, 6.45) is 3.00. The van der Waals surface area contributed by atoms with Crippen LogP contribution in [0.2, 0.25) is 5.02 Å². The summed E-state index contributed by atoms with van der Waals surface area (Å²) in [5.41, 5.74) is 0.279. The summed E-state index contributed by atoms with van der Waals surface area (Å²) >= 11 is 5.97. The molecule has 0 saturated carbocycles. The fraction of sp³-hybridized carbons (Fsp3) is 0.526. The van der Waals surface area contributed by atoms with Crippen molar-refractivity contribution in [3.63, 3.8) is 0 Å². The van der Waals surface area contributed by atoms with E-state index in [0.29, 0.717) is 5.02 Å². The zero-order valence-corrected chi connectivity index (χ0v) is 16.1. The molecule has 1 N–H and O–H groups in total. The molecule has 7 heteroatoms. The molecule has 0 bridgehead atoms. The first kappa shape index (κ1) is 20.2. The average molecular weight is 381 g/mol. The molecule has 0 aliphatic carbocycles. The van der Waals surface area contributed by atoms with Crippen molar-refractivity contribution in [2.75, 3.05) is 6.61 Å². The SMILES string of the molecule is C[C@H](NC(=O)c1ccccc1Cl)C(=O)OCC(=O)N1[C@H](C)CCC[C@H]1C. The topological polar surface area (TPSA) is 75.7 Å². The third-order valence-corrected chi connectivity index (χ3v) is 4.97. The lowest BCUT2D eigenvalue weighted by atomic mass is 9.97. The van der Waals surface area contributed by atoms with Crippen LogP contribution in [0.15, 0.2) is 24.3 Å². The van der Waals surface area contributed by atoms with Crippen LogP contribution in [-0.2, 0) is 14.3 Å². The Kier molecular flexibility index (Phi) is 7.03. The van der Waals surface area contributed by atoms with Crippen LogP contribution < -0.4 is 5.32 Å². The zero-order chi connectivity index (χ0) is 19.3. The van der Waals surface area contributed by atoms with E-state index in [-0.39, 0.29) is 30.2 Å². The van der Waals surface area contributed by atoms with E-state index in [1.165, 1.54) is 6.92 Å². The summed E-state index contributed by atoms with van der Waals surface area (Å²) in [6.45, 7) is 5.19. The molecule has 0 aromatic heterocycles. The molecule has 0 spiro atoms. The van der Waals surface area contributed by atoms with E-state index >= 15 is 0 Å². The summed E-state index contributed by atoms with van der Waals surface area (Å²) < 4.78 is 5.10. The van der Waals surface area contributed by atoms with Crippen LogP contribution in [-0.4, -0.2) is 47.4 Å². The highest BCUT2D eigenvalue weighted by Gasteiger charge is 2.30. The Labute approximate surface area is 158 Å². The van der Waals surface area contributed by atoms with Crippen LogP contribution in [0.3, 0.4) is 0 Å². The molecule has 0 unspecified atom stereocenters. The molecule has 1 aliphatic rings.